The zero-order chi connectivity index (χ0) is 21.0. The largest absolute Gasteiger partial charge is 0.353 e. The van der Waals surface area contributed by atoms with Crippen molar-refractivity contribution in [2.24, 2.45) is 11.3 Å². The maximum atomic E-state index is 12.9. The molecule has 2 amide bonds. The van der Waals surface area contributed by atoms with Gasteiger partial charge < -0.3 is 10.6 Å². The summed E-state index contributed by atoms with van der Waals surface area (Å²) in [7, 11) is 0. The van der Waals surface area contributed by atoms with Crippen LogP contribution < -0.4 is 10.6 Å². The molecule has 0 aliphatic heterocycles. The minimum atomic E-state index is -0.104. The van der Waals surface area contributed by atoms with Gasteiger partial charge >= 0.3 is 0 Å². The fraction of sp³-hybridized carbons (Fsp3) is 0.480. The normalized spacial score (nSPS) is 26.4. The highest BCUT2D eigenvalue weighted by molar-refractivity contribution is 5.93. The van der Waals surface area contributed by atoms with Gasteiger partial charge in [-0.15, -0.1) is 0 Å². The molecule has 31 heavy (non-hydrogen) atoms. The number of carbonyl (C=O) groups excluding carboxylic acids is 2. The van der Waals surface area contributed by atoms with E-state index in [4.69, 9.17) is 0 Å². The average Bonchev–Trinajstić information content (AvgIpc) is 3.58. The Balaban J connectivity index is 1.13. The Bertz CT molecular complexity index is 1140. The second kappa shape index (κ2) is 7.08. The zero-order valence-corrected chi connectivity index (χ0v) is 17.7. The maximum Gasteiger partial charge on any atom is 0.268 e. The fourth-order valence-electron chi connectivity index (χ4n) is 5.66. The summed E-state index contributed by atoms with van der Waals surface area (Å²) < 4.78 is 1.80. The van der Waals surface area contributed by atoms with Gasteiger partial charge in [-0.1, -0.05) is 43.1 Å². The molecule has 2 heterocycles. The molecule has 0 radical (unpaired) electrons. The van der Waals surface area contributed by atoms with E-state index >= 15 is 0 Å². The van der Waals surface area contributed by atoms with Crippen molar-refractivity contribution < 1.29 is 9.59 Å². The van der Waals surface area contributed by atoms with Crippen LogP contribution in [0.5, 0.6) is 0 Å². The SMILES string of the molecule is O=C(Cc1cn2c(C(=O)NCC3=C4C5CC45C=CC3)cccc2n1)NC1CCCCC1. The lowest BCUT2D eigenvalue weighted by atomic mass is 9.95. The first-order valence-electron chi connectivity index (χ1n) is 11.6. The average molecular weight is 417 g/mol. The van der Waals surface area contributed by atoms with Crippen molar-refractivity contribution in [3.05, 3.63) is 59.1 Å². The Morgan fingerprint density at radius 1 is 1.19 bits per heavy atom. The second-order valence-corrected chi connectivity index (χ2v) is 9.55. The molecule has 2 aromatic rings. The third-order valence-electron chi connectivity index (χ3n) is 7.48. The van der Waals surface area contributed by atoms with E-state index in [1.165, 1.54) is 31.3 Å². The van der Waals surface area contributed by atoms with Crippen molar-refractivity contribution >= 4 is 17.5 Å². The molecule has 2 unspecified atom stereocenters. The van der Waals surface area contributed by atoms with Gasteiger partial charge in [0.2, 0.25) is 5.91 Å². The van der Waals surface area contributed by atoms with Crippen LogP contribution in [-0.2, 0) is 11.2 Å². The Morgan fingerprint density at radius 2 is 2.06 bits per heavy atom. The van der Waals surface area contributed by atoms with E-state index in [2.05, 4.69) is 27.8 Å². The van der Waals surface area contributed by atoms with Crippen LogP contribution >= 0.6 is 0 Å². The van der Waals surface area contributed by atoms with Gasteiger partial charge in [0, 0.05) is 24.2 Å². The predicted molar refractivity (Wildman–Crippen MR) is 118 cm³/mol. The Kier molecular flexibility index (Phi) is 4.30. The van der Waals surface area contributed by atoms with Crippen LogP contribution in [0, 0.1) is 11.3 Å². The molecule has 6 nitrogen and oxygen atoms in total. The van der Waals surface area contributed by atoms with Crippen molar-refractivity contribution in [2.45, 2.75) is 57.4 Å². The summed E-state index contributed by atoms with van der Waals surface area (Å²) in [5.74, 6) is 0.668. The first-order chi connectivity index (χ1) is 15.1. The molecule has 3 saturated carbocycles. The Hall–Kier alpha value is -2.89. The van der Waals surface area contributed by atoms with Crippen LogP contribution in [0.2, 0.25) is 0 Å². The molecule has 1 spiro atoms. The number of hydrogen-bond donors (Lipinski definition) is 2. The van der Waals surface area contributed by atoms with Crippen LogP contribution in [0.1, 0.15) is 61.1 Å². The first kappa shape index (κ1) is 18.8. The van der Waals surface area contributed by atoms with Gasteiger partial charge in [-0.05, 0) is 49.3 Å². The number of imidazole rings is 1. The smallest absolute Gasteiger partial charge is 0.268 e. The molecule has 4 aliphatic rings. The maximum absolute atomic E-state index is 12.9. The Labute approximate surface area is 181 Å². The lowest BCUT2D eigenvalue weighted by Gasteiger charge is -2.22. The molecular formula is C25H28N4O2. The molecule has 6 heteroatoms. The second-order valence-electron chi connectivity index (χ2n) is 9.55. The van der Waals surface area contributed by atoms with Crippen molar-refractivity contribution in [1.82, 2.24) is 20.0 Å². The number of allylic oxidation sites excluding steroid dienone is 3. The van der Waals surface area contributed by atoms with E-state index in [1.807, 2.05) is 24.4 Å². The Morgan fingerprint density at radius 3 is 2.90 bits per heavy atom. The van der Waals surface area contributed by atoms with E-state index < -0.39 is 0 Å². The highest BCUT2D eigenvalue weighted by Gasteiger charge is 2.74. The number of fused-ring (bicyclic) bond motifs is 2. The third kappa shape index (κ3) is 3.29. The summed E-state index contributed by atoms with van der Waals surface area (Å²) in [5.41, 5.74) is 5.29. The summed E-state index contributed by atoms with van der Waals surface area (Å²) in [5, 5.41) is 6.24. The van der Waals surface area contributed by atoms with E-state index in [1.54, 1.807) is 9.97 Å². The topological polar surface area (TPSA) is 75.5 Å². The highest BCUT2D eigenvalue weighted by atomic mass is 16.2. The number of nitrogens with one attached hydrogen (secondary N) is 2. The number of carbonyl (C=O) groups is 2. The van der Waals surface area contributed by atoms with E-state index in [0.717, 1.165) is 25.2 Å². The monoisotopic (exact) mass is 416 g/mol. The summed E-state index contributed by atoms with van der Waals surface area (Å²) in [6.07, 6.45) is 14.7. The van der Waals surface area contributed by atoms with Gasteiger partial charge in [-0.2, -0.15) is 0 Å². The third-order valence-corrected chi connectivity index (χ3v) is 7.48. The summed E-state index contributed by atoms with van der Waals surface area (Å²) in [6, 6.07) is 5.82. The molecule has 2 atom stereocenters. The minimum Gasteiger partial charge on any atom is -0.353 e. The number of rotatable bonds is 6. The number of amides is 2. The van der Waals surface area contributed by atoms with Gasteiger partial charge in [0.1, 0.15) is 11.3 Å². The molecule has 0 saturated heterocycles. The number of pyridine rings is 1. The quantitative estimate of drug-likeness (QED) is 0.710. The molecule has 6 rings (SSSR count). The lowest BCUT2D eigenvalue weighted by Crippen LogP contribution is -2.37. The molecule has 2 aromatic heterocycles. The molecular weight excluding hydrogens is 388 g/mol. The lowest BCUT2D eigenvalue weighted by molar-refractivity contribution is -0.121. The van der Waals surface area contributed by atoms with Crippen LogP contribution in [0.25, 0.3) is 5.65 Å². The van der Waals surface area contributed by atoms with Gasteiger partial charge in [0.25, 0.3) is 5.91 Å². The first-order valence-corrected chi connectivity index (χ1v) is 11.6. The van der Waals surface area contributed by atoms with Gasteiger partial charge in [-0.25, -0.2) is 4.98 Å². The van der Waals surface area contributed by atoms with Crippen LogP contribution in [0.3, 0.4) is 0 Å². The number of nitrogens with zero attached hydrogens (tertiary/aromatic N) is 2. The van der Waals surface area contributed by atoms with Crippen molar-refractivity contribution in [3.8, 4) is 0 Å². The highest BCUT2D eigenvalue weighted by Crippen LogP contribution is 2.82. The molecule has 160 valence electrons. The molecule has 3 fully saturated rings. The van der Waals surface area contributed by atoms with Crippen molar-refractivity contribution in [3.63, 3.8) is 0 Å². The number of aromatic nitrogens is 2. The van der Waals surface area contributed by atoms with E-state index in [0.29, 0.717) is 35.0 Å². The zero-order valence-electron chi connectivity index (χ0n) is 17.7. The van der Waals surface area contributed by atoms with Crippen molar-refractivity contribution in [2.75, 3.05) is 6.54 Å². The molecule has 4 aliphatic carbocycles. The summed E-state index contributed by atoms with van der Waals surface area (Å²) in [6.45, 7) is 0.610. The van der Waals surface area contributed by atoms with Gasteiger partial charge in [0.15, 0.2) is 0 Å². The van der Waals surface area contributed by atoms with Crippen LogP contribution in [0.4, 0.5) is 0 Å². The minimum absolute atomic E-state index is 0.0111. The van der Waals surface area contributed by atoms with E-state index in [9.17, 15) is 9.59 Å². The summed E-state index contributed by atoms with van der Waals surface area (Å²) >= 11 is 0. The van der Waals surface area contributed by atoms with Gasteiger partial charge in [0.05, 0.1) is 12.1 Å². The van der Waals surface area contributed by atoms with Crippen LogP contribution in [-0.4, -0.2) is 33.8 Å². The van der Waals surface area contributed by atoms with Crippen LogP contribution in [0.15, 0.2) is 47.7 Å². The van der Waals surface area contributed by atoms with Crippen molar-refractivity contribution in [1.29, 1.82) is 0 Å². The predicted octanol–water partition coefficient (Wildman–Crippen LogP) is 3.33. The molecule has 0 aromatic carbocycles. The standard InChI is InChI=1S/C25H28N4O2/c30-22(28-17-7-2-1-3-8-17)12-18-15-29-20(9-4-10-21(29)27-18)24(31)26-14-16-6-5-11-25-13-19(25)23(16)25/h4-5,9-11,15,17,19H,1-3,6-8,12-14H2,(H,26,31)(H,28,30). The molecule has 0 bridgehead atoms. The fourth-order valence-corrected chi connectivity index (χ4v) is 5.66. The molecule has 2 N–H and O–H groups in total. The van der Waals surface area contributed by atoms with Gasteiger partial charge in [-0.3, -0.25) is 14.0 Å². The summed E-state index contributed by atoms with van der Waals surface area (Å²) in [4.78, 5) is 30.0. The number of hydrogen-bond acceptors (Lipinski definition) is 3. The van der Waals surface area contributed by atoms with E-state index in [-0.39, 0.29) is 18.2 Å².